The van der Waals surface area contributed by atoms with Crippen molar-refractivity contribution >= 4 is 15.8 Å². The third-order valence-corrected chi connectivity index (χ3v) is 6.49. The molecule has 2 aliphatic rings. The van der Waals surface area contributed by atoms with Crippen LogP contribution in [0.15, 0.2) is 12.3 Å². The van der Waals surface area contributed by atoms with Crippen molar-refractivity contribution in [2.24, 2.45) is 0 Å². The van der Waals surface area contributed by atoms with Crippen LogP contribution in [0, 0.1) is 0 Å². The van der Waals surface area contributed by atoms with E-state index in [1.807, 2.05) is 0 Å². The van der Waals surface area contributed by atoms with E-state index in [2.05, 4.69) is 9.97 Å². The Morgan fingerprint density at radius 1 is 1.43 bits per heavy atom. The van der Waals surface area contributed by atoms with E-state index < -0.39 is 15.3 Å². The molecule has 2 fully saturated rings. The number of sulfone groups is 1. The number of ether oxygens (including phenoxy) is 1. The number of nitrogens with zero attached hydrogens (tertiary/aromatic N) is 2. The summed E-state index contributed by atoms with van der Waals surface area (Å²) in [6, 6.07) is 1.68. The van der Waals surface area contributed by atoms with E-state index in [4.69, 9.17) is 4.74 Å². The van der Waals surface area contributed by atoms with Crippen LogP contribution in [0.3, 0.4) is 0 Å². The van der Waals surface area contributed by atoms with E-state index >= 15 is 0 Å². The average Bonchev–Trinajstić information content (AvgIpc) is 3.21. The van der Waals surface area contributed by atoms with Crippen LogP contribution in [0.4, 0.5) is 0 Å². The lowest BCUT2D eigenvalue weighted by Gasteiger charge is -2.38. The van der Waals surface area contributed by atoms with Gasteiger partial charge in [0, 0.05) is 6.20 Å². The fourth-order valence-corrected chi connectivity index (χ4v) is 4.34. The Morgan fingerprint density at radius 3 is 2.67 bits per heavy atom. The minimum absolute atomic E-state index is 0.150. The van der Waals surface area contributed by atoms with E-state index in [0.29, 0.717) is 18.5 Å². The molecule has 0 N–H and O–H groups in total. The van der Waals surface area contributed by atoms with E-state index in [1.54, 1.807) is 6.07 Å². The van der Waals surface area contributed by atoms with Crippen molar-refractivity contribution < 1.29 is 17.9 Å². The summed E-state index contributed by atoms with van der Waals surface area (Å²) in [6.45, 7) is 0. The van der Waals surface area contributed by atoms with Gasteiger partial charge in [0.2, 0.25) is 0 Å². The van der Waals surface area contributed by atoms with Gasteiger partial charge in [0.05, 0.1) is 18.1 Å². The molecule has 2 saturated carbocycles. The summed E-state index contributed by atoms with van der Waals surface area (Å²) in [6.07, 6.45) is 5.30. The van der Waals surface area contributed by atoms with Gasteiger partial charge in [-0.2, -0.15) is 0 Å². The molecule has 0 aromatic carbocycles. The molecule has 7 heteroatoms. The molecular formula is C14H18N2O4S. The highest BCUT2D eigenvalue weighted by molar-refractivity contribution is 7.91. The van der Waals surface area contributed by atoms with Gasteiger partial charge in [0.25, 0.3) is 0 Å². The number of carbonyl (C=O) groups is 1. The molecule has 21 heavy (non-hydrogen) atoms. The Balaban J connectivity index is 1.88. The molecule has 114 valence electrons. The molecule has 1 aromatic rings. The highest BCUT2D eigenvalue weighted by Gasteiger charge is 2.48. The first kappa shape index (κ1) is 14.4. The smallest absolute Gasteiger partial charge is 0.317 e. The zero-order chi connectivity index (χ0) is 15.1. The molecule has 3 rings (SSSR count). The molecule has 0 atom stereocenters. The third kappa shape index (κ3) is 2.54. The summed E-state index contributed by atoms with van der Waals surface area (Å²) in [5.41, 5.74) is -0.132. The molecule has 0 bridgehead atoms. The Kier molecular flexibility index (Phi) is 3.47. The monoisotopic (exact) mass is 310 g/mol. The SMILES string of the molecule is COC(=O)C1(c2ccnc(CS(=O)(=O)C3CC3)n2)CCC1. The molecule has 2 aliphatic carbocycles. The lowest BCUT2D eigenvalue weighted by atomic mass is 9.66. The largest absolute Gasteiger partial charge is 0.468 e. The van der Waals surface area contributed by atoms with E-state index in [1.165, 1.54) is 13.3 Å². The molecule has 0 radical (unpaired) electrons. The van der Waals surface area contributed by atoms with Crippen LogP contribution in [0.1, 0.15) is 43.6 Å². The van der Waals surface area contributed by atoms with Crippen molar-refractivity contribution in [1.29, 1.82) is 0 Å². The maximum absolute atomic E-state index is 12.0. The zero-order valence-corrected chi connectivity index (χ0v) is 12.7. The van der Waals surface area contributed by atoms with Crippen molar-refractivity contribution in [3.05, 3.63) is 23.8 Å². The molecule has 0 spiro atoms. The molecule has 1 aromatic heterocycles. The fraction of sp³-hybridized carbons (Fsp3) is 0.643. The zero-order valence-electron chi connectivity index (χ0n) is 11.9. The average molecular weight is 310 g/mol. The Morgan fingerprint density at radius 2 is 2.14 bits per heavy atom. The normalized spacial score (nSPS) is 20.6. The van der Waals surface area contributed by atoms with Gasteiger partial charge >= 0.3 is 5.97 Å². The van der Waals surface area contributed by atoms with Gasteiger partial charge in [-0.3, -0.25) is 4.79 Å². The summed E-state index contributed by atoms with van der Waals surface area (Å²) >= 11 is 0. The first-order chi connectivity index (χ1) is 9.98. The van der Waals surface area contributed by atoms with Crippen LogP contribution in [0.5, 0.6) is 0 Å². The molecule has 0 unspecified atom stereocenters. The molecule has 0 aliphatic heterocycles. The number of hydrogen-bond donors (Lipinski definition) is 0. The summed E-state index contributed by atoms with van der Waals surface area (Å²) < 4.78 is 28.9. The first-order valence-corrected chi connectivity index (χ1v) is 8.82. The van der Waals surface area contributed by atoms with Gasteiger partial charge in [0.15, 0.2) is 9.84 Å². The van der Waals surface area contributed by atoms with Crippen molar-refractivity contribution in [3.63, 3.8) is 0 Å². The predicted octanol–water partition coefficient (Wildman–Crippen LogP) is 1.15. The second kappa shape index (κ2) is 5.05. The molecule has 0 amide bonds. The van der Waals surface area contributed by atoms with Gasteiger partial charge in [-0.25, -0.2) is 18.4 Å². The van der Waals surface area contributed by atoms with E-state index in [9.17, 15) is 13.2 Å². The second-order valence-electron chi connectivity index (χ2n) is 5.79. The number of aromatic nitrogens is 2. The lowest BCUT2D eigenvalue weighted by Crippen LogP contribution is -2.44. The van der Waals surface area contributed by atoms with Crippen LogP contribution >= 0.6 is 0 Å². The van der Waals surface area contributed by atoms with Crippen LogP contribution in [0.25, 0.3) is 0 Å². The Labute approximate surface area is 123 Å². The fourth-order valence-electron chi connectivity index (χ4n) is 2.75. The van der Waals surface area contributed by atoms with Crippen molar-refractivity contribution in [1.82, 2.24) is 9.97 Å². The molecule has 6 nitrogen and oxygen atoms in total. The Hall–Kier alpha value is -1.50. The standard InChI is InChI=1S/C14H18N2O4S/c1-20-13(17)14(6-2-7-14)11-5-8-15-12(16-11)9-21(18,19)10-3-4-10/h5,8,10H,2-4,6-7,9H2,1H3. The van der Waals surface area contributed by atoms with Crippen LogP contribution in [-0.2, 0) is 30.5 Å². The van der Waals surface area contributed by atoms with Crippen molar-refractivity contribution in [3.8, 4) is 0 Å². The van der Waals surface area contributed by atoms with Crippen LogP contribution < -0.4 is 0 Å². The maximum atomic E-state index is 12.0. The second-order valence-corrected chi connectivity index (χ2v) is 8.07. The van der Waals surface area contributed by atoms with Gasteiger partial charge in [-0.15, -0.1) is 0 Å². The molecule has 1 heterocycles. The summed E-state index contributed by atoms with van der Waals surface area (Å²) in [5.74, 6) is -0.180. The van der Waals surface area contributed by atoms with Gasteiger partial charge in [0.1, 0.15) is 17.0 Å². The highest BCUT2D eigenvalue weighted by atomic mass is 32.2. The predicted molar refractivity (Wildman–Crippen MR) is 75.2 cm³/mol. The number of esters is 1. The Bertz CT molecular complexity index is 663. The van der Waals surface area contributed by atoms with Gasteiger partial charge in [-0.05, 0) is 31.7 Å². The summed E-state index contributed by atoms with van der Waals surface area (Å²) in [7, 11) is -1.79. The molecule has 0 saturated heterocycles. The van der Waals surface area contributed by atoms with Gasteiger partial charge < -0.3 is 4.74 Å². The number of carbonyl (C=O) groups excluding carboxylic acids is 1. The van der Waals surface area contributed by atoms with Crippen LogP contribution in [0.2, 0.25) is 0 Å². The topological polar surface area (TPSA) is 86.2 Å². The maximum Gasteiger partial charge on any atom is 0.317 e. The van der Waals surface area contributed by atoms with E-state index in [0.717, 1.165) is 19.3 Å². The van der Waals surface area contributed by atoms with Gasteiger partial charge in [-0.1, -0.05) is 6.42 Å². The number of rotatable bonds is 5. The van der Waals surface area contributed by atoms with E-state index in [-0.39, 0.29) is 22.8 Å². The van der Waals surface area contributed by atoms with Crippen molar-refractivity contribution in [2.75, 3.05) is 7.11 Å². The summed E-state index contributed by atoms with van der Waals surface area (Å²) in [4.78, 5) is 20.4. The number of methoxy groups -OCH3 is 1. The highest BCUT2D eigenvalue weighted by Crippen LogP contribution is 2.43. The minimum atomic E-state index is -3.16. The third-order valence-electron chi connectivity index (χ3n) is 4.34. The summed E-state index contributed by atoms with van der Waals surface area (Å²) in [5, 5.41) is -0.233. The lowest BCUT2D eigenvalue weighted by molar-refractivity contribution is -0.151. The first-order valence-electron chi connectivity index (χ1n) is 7.10. The minimum Gasteiger partial charge on any atom is -0.468 e. The quantitative estimate of drug-likeness (QED) is 0.758. The van der Waals surface area contributed by atoms with Crippen LogP contribution in [-0.4, -0.2) is 36.7 Å². The van der Waals surface area contributed by atoms with Crippen molar-refractivity contribution in [2.45, 2.75) is 48.5 Å². The molecular weight excluding hydrogens is 292 g/mol. The number of hydrogen-bond acceptors (Lipinski definition) is 6.